The van der Waals surface area contributed by atoms with Crippen LogP contribution >= 0.6 is 0 Å². The summed E-state index contributed by atoms with van der Waals surface area (Å²) in [7, 11) is 3.32. The first kappa shape index (κ1) is 22.8. The summed E-state index contributed by atoms with van der Waals surface area (Å²) < 4.78 is 10.6. The number of nitro benzene ring substituents is 1. The summed E-state index contributed by atoms with van der Waals surface area (Å²) in [5.74, 6) is 1.66. The first-order valence-corrected chi connectivity index (χ1v) is 11.1. The van der Waals surface area contributed by atoms with Gasteiger partial charge in [-0.3, -0.25) is 19.9 Å². The van der Waals surface area contributed by atoms with E-state index in [1.165, 1.54) is 11.1 Å². The third-order valence-corrected chi connectivity index (χ3v) is 6.05. The van der Waals surface area contributed by atoms with Crippen molar-refractivity contribution in [2.24, 2.45) is 0 Å². The molecular formula is C26H29N3O4. The molecule has 0 amide bonds. The maximum absolute atomic E-state index is 11.5. The molecule has 3 aromatic rings. The summed E-state index contributed by atoms with van der Waals surface area (Å²) in [6.45, 7) is 3.32. The number of hydrogen-bond acceptors (Lipinski definition) is 6. The van der Waals surface area contributed by atoms with E-state index < -0.39 is 0 Å². The quantitative estimate of drug-likeness (QED) is 0.357. The Bertz CT molecular complexity index is 1010. The molecule has 1 saturated heterocycles. The van der Waals surface area contributed by atoms with Gasteiger partial charge >= 0.3 is 0 Å². The van der Waals surface area contributed by atoms with Crippen LogP contribution in [0.3, 0.4) is 0 Å². The van der Waals surface area contributed by atoms with E-state index >= 15 is 0 Å². The number of nitro groups is 1. The van der Waals surface area contributed by atoms with Crippen LogP contribution in [0.25, 0.3) is 0 Å². The van der Waals surface area contributed by atoms with E-state index in [0.29, 0.717) is 0 Å². The molecule has 4 rings (SSSR count). The van der Waals surface area contributed by atoms with Gasteiger partial charge in [0.05, 0.1) is 25.3 Å². The van der Waals surface area contributed by atoms with Crippen LogP contribution in [0.4, 0.5) is 5.69 Å². The molecule has 7 nitrogen and oxygen atoms in total. The van der Waals surface area contributed by atoms with Crippen LogP contribution in [0.1, 0.15) is 29.3 Å². The van der Waals surface area contributed by atoms with Gasteiger partial charge in [-0.1, -0.05) is 36.4 Å². The standard InChI is InChI=1S/C26H29N3O4/c1-32-24-11-7-20(8-12-24)18-27-15-4-16-28(19-21-9-13-25(33-2)14-10-21)26(27)22-5-3-6-23(17-22)29(30)31/h3,5-14,17,26H,4,15-16,18-19H2,1-2H3. The minimum absolute atomic E-state index is 0.0668. The molecule has 1 fully saturated rings. The maximum atomic E-state index is 11.5. The first-order chi connectivity index (χ1) is 16.1. The van der Waals surface area contributed by atoms with Crippen LogP contribution < -0.4 is 9.47 Å². The smallest absolute Gasteiger partial charge is 0.269 e. The van der Waals surface area contributed by atoms with Crippen molar-refractivity contribution in [3.05, 3.63) is 99.6 Å². The molecule has 172 valence electrons. The summed E-state index contributed by atoms with van der Waals surface area (Å²) >= 11 is 0. The van der Waals surface area contributed by atoms with Gasteiger partial charge in [-0.2, -0.15) is 0 Å². The molecule has 33 heavy (non-hydrogen) atoms. The van der Waals surface area contributed by atoms with Gasteiger partial charge in [0.25, 0.3) is 5.69 Å². The Morgan fingerprint density at radius 2 is 1.36 bits per heavy atom. The van der Waals surface area contributed by atoms with Crippen molar-refractivity contribution in [3.8, 4) is 11.5 Å². The largest absolute Gasteiger partial charge is 0.497 e. The molecule has 0 spiro atoms. The zero-order valence-corrected chi connectivity index (χ0v) is 19.0. The Balaban J connectivity index is 1.64. The fourth-order valence-corrected chi connectivity index (χ4v) is 4.43. The third-order valence-electron chi connectivity index (χ3n) is 6.05. The lowest BCUT2D eigenvalue weighted by Gasteiger charge is -2.44. The van der Waals surface area contributed by atoms with Gasteiger partial charge in [0.15, 0.2) is 0 Å². The highest BCUT2D eigenvalue weighted by Gasteiger charge is 2.31. The molecule has 0 radical (unpaired) electrons. The summed E-state index contributed by atoms with van der Waals surface area (Å²) in [6, 6.07) is 23.2. The maximum Gasteiger partial charge on any atom is 0.269 e. The monoisotopic (exact) mass is 447 g/mol. The van der Waals surface area contributed by atoms with Crippen molar-refractivity contribution in [2.45, 2.75) is 25.7 Å². The molecule has 0 aliphatic carbocycles. The van der Waals surface area contributed by atoms with Gasteiger partial charge in [-0.15, -0.1) is 0 Å². The van der Waals surface area contributed by atoms with Crippen molar-refractivity contribution >= 4 is 5.69 Å². The van der Waals surface area contributed by atoms with E-state index in [0.717, 1.165) is 49.7 Å². The molecule has 0 bridgehead atoms. The van der Waals surface area contributed by atoms with E-state index in [9.17, 15) is 10.1 Å². The molecule has 0 saturated carbocycles. The normalized spacial score (nSPS) is 15.3. The summed E-state index contributed by atoms with van der Waals surface area (Å²) in [6.07, 6.45) is 0.959. The minimum atomic E-state index is -0.325. The summed E-state index contributed by atoms with van der Waals surface area (Å²) in [4.78, 5) is 15.9. The van der Waals surface area contributed by atoms with Crippen molar-refractivity contribution in [1.29, 1.82) is 0 Å². The fraction of sp³-hybridized carbons (Fsp3) is 0.308. The number of non-ortho nitro benzene ring substituents is 1. The molecule has 1 aliphatic rings. The second kappa shape index (κ2) is 10.5. The minimum Gasteiger partial charge on any atom is -0.497 e. The molecule has 7 heteroatoms. The van der Waals surface area contributed by atoms with Gasteiger partial charge in [0.2, 0.25) is 0 Å². The Hall–Kier alpha value is -3.42. The lowest BCUT2D eigenvalue weighted by atomic mass is 10.0. The average Bonchev–Trinajstić information content (AvgIpc) is 2.85. The highest BCUT2D eigenvalue weighted by molar-refractivity contribution is 5.36. The van der Waals surface area contributed by atoms with Gasteiger partial charge in [-0.05, 0) is 47.4 Å². The zero-order valence-electron chi connectivity index (χ0n) is 19.0. The van der Waals surface area contributed by atoms with E-state index in [2.05, 4.69) is 34.1 Å². The van der Waals surface area contributed by atoms with Crippen LogP contribution in [0, 0.1) is 10.1 Å². The highest BCUT2D eigenvalue weighted by Crippen LogP contribution is 2.34. The second-order valence-corrected chi connectivity index (χ2v) is 8.22. The Morgan fingerprint density at radius 1 is 0.848 bits per heavy atom. The summed E-state index contributed by atoms with van der Waals surface area (Å²) in [5, 5.41) is 11.5. The molecule has 0 unspecified atom stereocenters. The van der Waals surface area contributed by atoms with Gasteiger partial charge in [-0.25, -0.2) is 0 Å². The number of ether oxygens (including phenoxy) is 2. The predicted octanol–water partition coefficient (Wildman–Crippen LogP) is 5.02. The van der Waals surface area contributed by atoms with Crippen LogP contribution in [-0.2, 0) is 13.1 Å². The van der Waals surface area contributed by atoms with Crippen LogP contribution in [0.5, 0.6) is 11.5 Å². The molecule has 0 N–H and O–H groups in total. The first-order valence-electron chi connectivity index (χ1n) is 11.1. The number of benzene rings is 3. The lowest BCUT2D eigenvalue weighted by Crippen LogP contribution is -2.46. The third kappa shape index (κ3) is 5.50. The van der Waals surface area contributed by atoms with Gasteiger partial charge < -0.3 is 9.47 Å². The number of rotatable bonds is 8. The fourth-order valence-electron chi connectivity index (χ4n) is 4.43. The predicted molar refractivity (Wildman–Crippen MR) is 127 cm³/mol. The Morgan fingerprint density at radius 3 is 1.82 bits per heavy atom. The lowest BCUT2D eigenvalue weighted by molar-refractivity contribution is -0.385. The molecule has 0 atom stereocenters. The van der Waals surface area contributed by atoms with E-state index in [4.69, 9.17) is 9.47 Å². The topological polar surface area (TPSA) is 68.1 Å². The van der Waals surface area contributed by atoms with Gasteiger partial charge in [0, 0.05) is 38.3 Å². The van der Waals surface area contributed by atoms with Crippen molar-refractivity contribution < 1.29 is 14.4 Å². The average molecular weight is 448 g/mol. The second-order valence-electron chi connectivity index (χ2n) is 8.22. The molecule has 1 aliphatic heterocycles. The number of nitrogens with zero attached hydrogens (tertiary/aromatic N) is 3. The van der Waals surface area contributed by atoms with Crippen LogP contribution in [0.15, 0.2) is 72.8 Å². The number of hydrogen-bond donors (Lipinski definition) is 0. The Kier molecular flexibility index (Phi) is 7.22. The van der Waals surface area contributed by atoms with Crippen LogP contribution in [0.2, 0.25) is 0 Å². The molecule has 3 aromatic carbocycles. The van der Waals surface area contributed by atoms with E-state index in [-0.39, 0.29) is 16.8 Å². The highest BCUT2D eigenvalue weighted by atomic mass is 16.6. The van der Waals surface area contributed by atoms with Crippen LogP contribution in [-0.4, -0.2) is 42.0 Å². The number of methoxy groups -OCH3 is 2. The molecular weight excluding hydrogens is 418 g/mol. The summed E-state index contributed by atoms with van der Waals surface area (Å²) in [5.41, 5.74) is 3.41. The Labute approximate surface area is 194 Å². The van der Waals surface area contributed by atoms with Gasteiger partial charge in [0.1, 0.15) is 11.5 Å². The van der Waals surface area contributed by atoms with Crippen molar-refractivity contribution in [3.63, 3.8) is 0 Å². The molecule has 1 heterocycles. The van der Waals surface area contributed by atoms with E-state index in [1.54, 1.807) is 32.4 Å². The zero-order chi connectivity index (χ0) is 23.2. The van der Waals surface area contributed by atoms with Crippen molar-refractivity contribution in [2.75, 3.05) is 27.3 Å². The van der Waals surface area contributed by atoms with E-state index in [1.807, 2.05) is 30.3 Å². The van der Waals surface area contributed by atoms with Crippen molar-refractivity contribution in [1.82, 2.24) is 9.80 Å². The SMILES string of the molecule is COc1ccc(CN2CCCN(Cc3ccc(OC)cc3)C2c2cccc([N+](=O)[O-])c2)cc1. The molecule has 0 aromatic heterocycles.